The van der Waals surface area contributed by atoms with Crippen molar-refractivity contribution in [2.45, 2.75) is 20.4 Å². The highest BCUT2D eigenvalue weighted by Gasteiger charge is 2.08. The highest BCUT2D eigenvalue weighted by molar-refractivity contribution is 5.55. The number of allylic oxidation sites excluding steroid dienone is 2. The minimum Gasteiger partial charge on any atom is -0.265 e. The van der Waals surface area contributed by atoms with Gasteiger partial charge in [0.15, 0.2) is 0 Å². The number of rotatable bonds is 4. The number of hydrogen-bond acceptors (Lipinski definition) is 1. The molecule has 2 nitrogen and oxygen atoms in total. The second-order valence-electron chi connectivity index (χ2n) is 4.32. The summed E-state index contributed by atoms with van der Waals surface area (Å²) in [6, 6.07) is 10.4. The summed E-state index contributed by atoms with van der Waals surface area (Å²) in [7, 11) is 0. The summed E-state index contributed by atoms with van der Waals surface area (Å²) in [4.78, 5) is 0. The second-order valence-corrected chi connectivity index (χ2v) is 4.32. The van der Waals surface area contributed by atoms with Crippen molar-refractivity contribution in [3.63, 3.8) is 0 Å². The van der Waals surface area contributed by atoms with Crippen molar-refractivity contribution in [2.24, 2.45) is 0 Å². The maximum atomic E-state index is 4.59. The Kier molecular flexibility index (Phi) is 3.78. The van der Waals surface area contributed by atoms with E-state index in [1.54, 1.807) is 6.08 Å². The molecule has 0 bridgehead atoms. The van der Waals surface area contributed by atoms with Crippen LogP contribution in [-0.2, 0) is 6.54 Å². The Morgan fingerprint density at radius 3 is 2.61 bits per heavy atom. The largest absolute Gasteiger partial charge is 0.265 e. The minimum absolute atomic E-state index is 0.815. The fourth-order valence-electron chi connectivity index (χ4n) is 2.03. The van der Waals surface area contributed by atoms with Gasteiger partial charge < -0.3 is 0 Å². The zero-order valence-corrected chi connectivity index (χ0v) is 10.9. The van der Waals surface area contributed by atoms with Gasteiger partial charge in [0.05, 0.1) is 12.2 Å². The van der Waals surface area contributed by atoms with Crippen LogP contribution in [0, 0.1) is 13.8 Å². The van der Waals surface area contributed by atoms with Crippen molar-refractivity contribution in [1.82, 2.24) is 9.78 Å². The van der Waals surface area contributed by atoms with Crippen LogP contribution < -0.4 is 0 Å². The topological polar surface area (TPSA) is 17.8 Å². The number of benzene rings is 1. The standard InChI is InChI=1S/C16H18N2/c1-4-5-11-16-13(2)17-18(14(16)3)12-15-9-7-6-8-10-15/h4-11H,1,12H2,2-3H3/b11-5+. The average molecular weight is 238 g/mol. The third-order valence-corrected chi connectivity index (χ3v) is 3.01. The Morgan fingerprint density at radius 1 is 1.22 bits per heavy atom. The molecule has 0 radical (unpaired) electrons. The Balaban J connectivity index is 2.30. The van der Waals surface area contributed by atoms with Gasteiger partial charge in [-0.1, -0.05) is 55.1 Å². The fraction of sp³-hybridized carbons (Fsp3) is 0.188. The predicted molar refractivity (Wildman–Crippen MR) is 76.5 cm³/mol. The molecule has 1 aromatic heterocycles. The Morgan fingerprint density at radius 2 is 1.94 bits per heavy atom. The van der Waals surface area contributed by atoms with Gasteiger partial charge in [-0.2, -0.15) is 5.10 Å². The summed E-state index contributed by atoms with van der Waals surface area (Å²) in [5, 5.41) is 4.59. The molecular formula is C16H18N2. The number of aryl methyl sites for hydroxylation is 1. The summed E-state index contributed by atoms with van der Waals surface area (Å²) in [6.45, 7) is 8.65. The van der Waals surface area contributed by atoms with E-state index in [4.69, 9.17) is 0 Å². The van der Waals surface area contributed by atoms with Crippen LogP contribution >= 0.6 is 0 Å². The lowest BCUT2D eigenvalue weighted by molar-refractivity contribution is 0.659. The van der Waals surface area contributed by atoms with E-state index in [2.05, 4.69) is 48.9 Å². The summed E-state index contributed by atoms with van der Waals surface area (Å²) in [5.74, 6) is 0. The van der Waals surface area contributed by atoms with Gasteiger partial charge in [0.1, 0.15) is 0 Å². The zero-order valence-electron chi connectivity index (χ0n) is 10.9. The monoisotopic (exact) mass is 238 g/mol. The van der Waals surface area contributed by atoms with Crippen LogP contribution in [0.4, 0.5) is 0 Å². The molecule has 0 N–H and O–H groups in total. The van der Waals surface area contributed by atoms with Crippen molar-refractivity contribution in [3.8, 4) is 0 Å². The SMILES string of the molecule is C=C/C=C/c1c(C)nn(Cc2ccccc2)c1C. The quantitative estimate of drug-likeness (QED) is 0.742. The van der Waals surface area contributed by atoms with Gasteiger partial charge in [0.2, 0.25) is 0 Å². The molecule has 0 amide bonds. The molecule has 1 heterocycles. The number of nitrogens with zero attached hydrogens (tertiary/aromatic N) is 2. The van der Waals surface area contributed by atoms with E-state index < -0.39 is 0 Å². The zero-order chi connectivity index (χ0) is 13.0. The lowest BCUT2D eigenvalue weighted by Crippen LogP contribution is -2.03. The smallest absolute Gasteiger partial charge is 0.0669 e. The molecular weight excluding hydrogens is 220 g/mol. The van der Waals surface area contributed by atoms with Gasteiger partial charge in [-0.15, -0.1) is 0 Å². The molecule has 0 saturated heterocycles. The molecule has 2 rings (SSSR count). The highest BCUT2D eigenvalue weighted by atomic mass is 15.3. The van der Waals surface area contributed by atoms with E-state index in [-0.39, 0.29) is 0 Å². The molecule has 0 fully saturated rings. The third-order valence-electron chi connectivity index (χ3n) is 3.01. The molecule has 0 unspecified atom stereocenters. The van der Waals surface area contributed by atoms with E-state index in [1.807, 2.05) is 23.7 Å². The Labute approximate surface area is 108 Å². The fourth-order valence-corrected chi connectivity index (χ4v) is 2.03. The van der Waals surface area contributed by atoms with E-state index in [0.29, 0.717) is 0 Å². The maximum absolute atomic E-state index is 4.59. The molecule has 92 valence electrons. The summed E-state index contributed by atoms with van der Waals surface area (Å²) >= 11 is 0. The lowest BCUT2D eigenvalue weighted by Gasteiger charge is -2.04. The van der Waals surface area contributed by atoms with Crippen LogP contribution in [0.15, 0.2) is 49.1 Å². The summed E-state index contributed by atoms with van der Waals surface area (Å²) < 4.78 is 2.05. The normalized spacial score (nSPS) is 11.0. The van der Waals surface area contributed by atoms with Gasteiger partial charge in [-0.05, 0) is 19.4 Å². The van der Waals surface area contributed by atoms with Crippen molar-refractivity contribution in [3.05, 3.63) is 71.6 Å². The van der Waals surface area contributed by atoms with Crippen molar-refractivity contribution >= 4 is 6.08 Å². The van der Waals surface area contributed by atoms with Gasteiger partial charge in [0.25, 0.3) is 0 Å². The van der Waals surface area contributed by atoms with Crippen molar-refractivity contribution in [2.75, 3.05) is 0 Å². The van der Waals surface area contributed by atoms with Crippen LogP contribution in [-0.4, -0.2) is 9.78 Å². The molecule has 0 atom stereocenters. The van der Waals surface area contributed by atoms with Crippen LogP contribution in [0.3, 0.4) is 0 Å². The van der Waals surface area contributed by atoms with Crippen LogP contribution in [0.5, 0.6) is 0 Å². The number of aromatic nitrogens is 2. The molecule has 0 aliphatic rings. The first-order chi connectivity index (χ1) is 8.72. The first-order valence-electron chi connectivity index (χ1n) is 6.09. The van der Waals surface area contributed by atoms with Gasteiger partial charge >= 0.3 is 0 Å². The number of hydrogen-bond donors (Lipinski definition) is 0. The van der Waals surface area contributed by atoms with Crippen molar-refractivity contribution in [1.29, 1.82) is 0 Å². The van der Waals surface area contributed by atoms with Crippen molar-refractivity contribution < 1.29 is 0 Å². The van der Waals surface area contributed by atoms with Gasteiger partial charge in [-0.3, -0.25) is 4.68 Å². The Hall–Kier alpha value is -2.09. The maximum Gasteiger partial charge on any atom is 0.0669 e. The predicted octanol–water partition coefficient (Wildman–Crippen LogP) is 3.75. The van der Waals surface area contributed by atoms with Crippen LogP contribution in [0.25, 0.3) is 6.08 Å². The molecule has 0 aliphatic carbocycles. The van der Waals surface area contributed by atoms with E-state index in [0.717, 1.165) is 12.2 Å². The third kappa shape index (κ3) is 2.59. The van der Waals surface area contributed by atoms with Gasteiger partial charge in [-0.25, -0.2) is 0 Å². The molecule has 0 spiro atoms. The first-order valence-corrected chi connectivity index (χ1v) is 6.09. The molecule has 2 heteroatoms. The molecule has 1 aromatic carbocycles. The molecule has 0 saturated carbocycles. The van der Waals surface area contributed by atoms with E-state index >= 15 is 0 Å². The summed E-state index contributed by atoms with van der Waals surface area (Å²) in [5.41, 5.74) is 4.70. The van der Waals surface area contributed by atoms with Crippen LogP contribution in [0.1, 0.15) is 22.5 Å². The molecule has 2 aromatic rings. The summed E-state index contributed by atoms with van der Waals surface area (Å²) in [6.07, 6.45) is 5.80. The second kappa shape index (κ2) is 5.50. The minimum atomic E-state index is 0.815. The first kappa shape index (κ1) is 12.4. The highest BCUT2D eigenvalue weighted by Crippen LogP contribution is 2.16. The van der Waals surface area contributed by atoms with E-state index in [9.17, 15) is 0 Å². The average Bonchev–Trinajstić information content (AvgIpc) is 2.64. The molecule has 18 heavy (non-hydrogen) atoms. The van der Waals surface area contributed by atoms with E-state index in [1.165, 1.54) is 16.8 Å². The van der Waals surface area contributed by atoms with Gasteiger partial charge in [0, 0.05) is 11.3 Å². The van der Waals surface area contributed by atoms with Crippen LogP contribution in [0.2, 0.25) is 0 Å². The lowest BCUT2D eigenvalue weighted by atomic mass is 10.2. The molecule has 0 aliphatic heterocycles. The Bertz CT molecular complexity index is 562.